The number of Topliss-reactive ketones (excluding diaryl/α,β-unsaturated/α-hetero) is 1. The molecule has 0 amide bonds. The van der Waals surface area contributed by atoms with E-state index in [1.807, 2.05) is 12.1 Å². The van der Waals surface area contributed by atoms with Crippen LogP contribution in [-0.2, 0) is 6.42 Å². The second kappa shape index (κ2) is 5.97. The zero-order valence-electron chi connectivity index (χ0n) is 10.3. The Morgan fingerprint density at radius 2 is 2.00 bits per heavy atom. The maximum atomic E-state index is 13.6. The van der Waals surface area contributed by atoms with Crippen molar-refractivity contribution in [2.45, 2.75) is 6.42 Å². The Morgan fingerprint density at radius 3 is 2.74 bits per heavy atom. The molecule has 0 aliphatic carbocycles. The van der Waals surface area contributed by atoms with Crippen LogP contribution in [0.5, 0.6) is 5.75 Å². The number of methoxy groups -OCH3 is 1. The highest BCUT2D eigenvalue weighted by atomic mass is 79.9. The first kappa shape index (κ1) is 13.7. The third-order valence-corrected chi connectivity index (χ3v) is 3.27. The summed E-state index contributed by atoms with van der Waals surface area (Å²) in [5.74, 6) is -0.155. The average molecular weight is 323 g/mol. The molecule has 0 aromatic heterocycles. The summed E-state index contributed by atoms with van der Waals surface area (Å²) in [6, 6.07) is 11.6. The first-order chi connectivity index (χ1) is 9.11. The molecule has 2 rings (SSSR count). The maximum absolute atomic E-state index is 13.6. The lowest BCUT2D eigenvalue weighted by atomic mass is 10.0. The third-order valence-electron chi connectivity index (χ3n) is 2.77. The van der Waals surface area contributed by atoms with Crippen LogP contribution in [0, 0.1) is 5.82 Å². The lowest BCUT2D eigenvalue weighted by molar-refractivity contribution is 0.0988. The van der Waals surface area contributed by atoms with Crippen LogP contribution in [0.15, 0.2) is 46.9 Å². The molecule has 98 valence electrons. The van der Waals surface area contributed by atoms with Crippen molar-refractivity contribution in [1.29, 1.82) is 0 Å². The molecule has 2 nitrogen and oxygen atoms in total. The van der Waals surface area contributed by atoms with Crippen LogP contribution in [0.25, 0.3) is 0 Å². The molecule has 2 aromatic carbocycles. The van der Waals surface area contributed by atoms with Crippen molar-refractivity contribution < 1.29 is 13.9 Å². The van der Waals surface area contributed by atoms with E-state index in [4.69, 9.17) is 4.74 Å². The maximum Gasteiger partial charge on any atom is 0.170 e. The van der Waals surface area contributed by atoms with Gasteiger partial charge in [-0.3, -0.25) is 4.79 Å². The van der Waals surface area contributed by atoms with E-state index in [1.165, 1.54) is 12.1 Å². The molecule has 0 N–H and O–H groups in total. The molecule has 0 aliphatic rings. The van der Waals surface area contributed by atoms with E-state index >= 15 is 0 Å². The van der Waals surface area contributed by atoms with E-state index in [1.54, 1.807) is 25.3 Å². The Morgan fingerprint density at radius 1 is 1.26 bits per heavy atom. The van der Waals surface area contributed by atoms with Crippen molar-refractivity contribution in [1.82, 2.24) is 0 Å². The van der Waals surface area contributed by atoms with Crippen LogP contribution in [-0.4, -0.2) is 12.9 Å². The van der Waals surface area contributed by atoms with Gasteiger partial charge in [0.1, 0.15) is 11.6 Å². The first-order valence-corrected chi connectivity index (χ1v) is 6.51. The van der Waals surface area contributed by atoms with Crippen LogP contribution in [0.4, 0.5) is 4.39 Å². The second-order valence-electron chi connectivity index (χ2n) is 4.04. The van der Waals surface area contributed by atoms with E-state index in [-0.39, 0.29) is 17.8 Å². The van der Waals surface area contributed by atoms with Gasteiger partial charge >= 0.3 is 0 Å². The van der Waals surface area contributed by atoms with Crippen molar-refractivity contribution in [3.05, 3.63) is 63.9 Å². The molecule has 0 saturated heterocycles. The topological polar surface area (TPSA) is 26.3 Å². The van der Waals surface area contributed by atoms with Gasteiger partial charge in [-0.15, -0.1) is 0 Å². The summed E-state index contributed by atoms with van der Waals surface area (Å²) in [7, 11) is 1.54. The van der Waals surface area contributed by atoms with Gasteiger partial charge in [-0.25, -0.2) is 4.39 Å². The summed E-state index contributed by atoms with van der Waals surface area (Å²) in [6.45, 7) is 0. The zero-order valence-corrected chi connectivity index (χ0v) is 11.9. The van der Waals surface area contributed by atoms with Crippen LogP contribution < -0.4 is 4.74 Å². The number of para-hydroxylation sites is 1. The molecule has 0 atom stereocenters. The molecular formula is C15H12BrFO2. The standard InChI is InChI=1S/C15H12BrFO2/c1-19-15-5-3-2-4-10(15)8-14(18)12-9-11(16)6-7-13(12)17/h2-7,9H,8H2,1H3. The summed E-state index contributed by atoms with van der Waals surface area (Å²) in [5, 5.41) is 0. The van der Waals surface area contributed by atoms with Gasteiger partial charge in [0.15, 0.2) is 5.78 Å². The minimum atomic E-state index is -0.511. The van der Waals surface area contributed by atoms with E-state index in [0.29, 0.717) is 10.2 Å². The quantitative estimate of drug-likeness (QED) is 0.795. The number of rotatable bonds is 4. The zero-order chi connectivity index (χ0) is 13.8. The monoisotopic (exact) mass is 322 g/mol. The van der Waals surface area contributed by atoms with Crippen LogP contribution in [0.2, 0.25) is 0 Å². The van der Waals surface area contributed by atoms with Crippen LogP contribution >= 0.6 is 15.9 Å². The molecule has 0 radical (unpaired) electrons. The van der Waals surface area contributed by atoms with Gasteiger partial charge in [0.2, 0.25) is 0 Å². The Balaban J connectivity index is 2.28. The Labute approximate surface area is 119 Å². The van der Waals surface area contributed by atoms with Gasteiger partial charge in [-0.1, -0.05) is 34.1 Å². The molecule has 0 aliphatic heterocycles. The number of carbonyl (C=O) groups is 1. The van der Waals surface area contributed by atoms with Crippen molar-refractivity contribution in [3.63, 3.8) is 0 Å². The summed E-state index contributed by atoms with van der Waals surface area (Å²) < 4.78 is 19.5. The number of ketones is 1. The predicted octanol–water partition coefficient (Wildman–Crippen LogP) is 4.02. The highest BCUT2D eigenvalue weighted by molar-refractivity contribution is 9.10. The van der Waals surface area contributed by atoms with Gasteiger partial charge < -0.3 is 4.74 Å². The minimum Gasteiger partial charge on any atom is -0.496 e. The lowest BCUT2D eigenvalue weighted by Crippen LogP contribution is -2.07. The summed E-state index contributed by atoms with van der Waals surface area (Å²) in [4.78, 5) is 12.1. The highest BCUT2D eigenvalue weighted by Crippen LogP contribution is 2.22. The highest BCUT2D eigenvalue weighted by Gasteiger charge is 2.14. The van der Waals surface area contributed by atoms with Crippen molar-refractivity contribution >= 4 is 21.7 Å². The number of halogens is 2. The molecule has 0 spiro atoms. The van der Waals surface area contributed by atoms with Crippen molar-refractivity contribution in [2.75, 3.05) is 7.11 Å². The van der Waals surface area contributed by atoms with Gasteiger partial charge in [0, 0.05) is 16.5 Å². The van der Waals surface area contributed by atoms with Crippen molar-refractivity contribution in [2.24, 2.45) is 0 Å². The SMILES string of the molecule is COc1ccccc1CC(=O)c1cc(Br)ccc1F. The average Bonchev–Trinajstić information content (AvgIpc) is 2.42. The molecule has 0 saturated carbocycles. The number of ether oxygens (including phenoxy) is 1. The van der Waals surface area contributed by atoms with E-state index < -0.39 is 5.82 Å². The smallest absolute Gasteiger partial charge is 0.170 e. The minimum absolute atomic E-state index is 0.0836. The van der Waals surface area contributed by atoms with Gasteiger partial charge in [0.25, 0.3) is 0 Å². The molecule has 0 heterocycles. The molecule has 0 fully saturated rings. The van der Waals surface area contributed by atoms with Gasteiger partial charge in [-0.05, 0) is 24.3 Å². The summed E-state index contributed by atoms with van der Waals surface area (Å²) in [6.07, 6.45) is 0.109. The number of hydrogen-bond acceptors (Lipinski definition) is 2. The lowest BCUT2D eigenvalue weighted by Gasteiger charge is -2.08. The molecule has 4 heteroatoms. The molecule has 2 aromatic rings. The summed E-state index contributed by atoms with van der Waals surface area (Å²) >= 11 is 3.23. The fourth-order valence-corrected chi connectivity index (χ4v) is 2.19. The fourth-order valence-electron chi connectivity index (χ4n) is 1.83. The van der Waals surface area contributed by atoms with E-state index in [0.717, 1.165) is 5.56 Å². The molecule has 0 bridgehead atoms. The normalized spacial score (nSPS) is 10.3. The number of carbonyl (C=O) groups excluding carboxylic acids is 1. The van der Waals surface area contributed by atoms with Crippen LogP contribution in [0.3, 0.4) is 0 Å². The second-order valence-corrected chi connectivity index (χ2v) is 4.95. The predicted molar refractivity (Wildman–Crippen MR) is 75.1 cm³/mol. The van der Waals surface area contributed by atoms with Gasteiger partial charge in [0.05, 0.1) is 12.7 Å². The first-order valence-electron chi connectivity index (χ1n) is 5.72. The Kier molecular flexibility index (Phi) is 4.32. The number of benzene rings is 2. The Bertz CT molecular complexity index is 611. The molecule has 19 heavy (non-hydrogen) atoms. The third kappa shape index (κ3) is 3.20. The van der Waals surface area contributed by atoms with E-state index in [2.05, 4.69) is 15.9 Å². The van der Waals surface area contributed by atoms with Crippen LogP contribution in [0.1, 0.15) is 15.9 Å². The molecular weight excluding hydrogens is 311 g/mol. The Hall–Kier alpha value is -1.68. The molecule has 0 unspecified atom stereocenters. The largest absolute Gasteiger partial charge is 0.496 e. The summed E-state index contributed by atoms with van der Waals surface area (Å²) in [5.41, 5.74) is 0.828. The fraction of sp³-hybridized carbons (Fsp3) is 0.133. The number of hydrogen-bond donors (Lipinski definition) is 0. The van der Waals surface area contributed by atoms with E-state index in [9.17, 15) is 9.18 Å². The van der Waals surface area contributed by atoms with Crippen molar-refractivity contribution in [3.8, 4) is 5.75 Å². The van der Waals surface area contributed by atoms with Gasteiger partial charge in [-0.2, -0.15) is 0 Å².